The van der Waals surface area contributed by atoms with E-state index in [0.717, 1.165) is 23.4 Å². The summed E-state index contributed by atoms with van der Waals surface area (Å²) in [5, 5.41) is 3.60. The van der Waals surface area contributed by atoms with E-state index in [9.17, 15) is 4.79 Å². The molecular formula is C17H13ClN2OS2. The van der Waals surface area contributed by atoms with Crippen molar-refractivity contribution in [3.63, 3.8) is 0 Å². The van der Waals surface area contributed by atoms with Crippen molar-refractivity contribution in [2.24, 2.45) is 0 Å². The molecule has 4 rings (SSSR count). The largest absolute Gasteiger partial charge is 0.302 e. The van der Waals surface area contributed by atoms with Crippen LogP contribution in [-0.4, -0.2) is 10.9 Å². The lowest BCUT2D eigenvalue weighted by Crippen LogP contribution is -2.13. The number of carbonyl (C=O) groups is 1. The first-order valence-electron chi connectivity index (χ1n) is 7.31. The molecule has 23 heavy (non-hydrogen) atoms. The number of amides is 1. The predicted octanol–water partition coefficient (Wildman–Crippen LogP) is 4.80. The first-order chi connectivity index (χ1) is 11.2. The number of halogens is 1. The molecule has 1 amide bonds. The molecule has 116 valence electrons. The van der Waals surface area contributed by atoms with E-state index in [-0.39, 0.29) is 5.91 Å². The third-order valence-corrected chi connectivity index (χ3v) is 6.06. The number of thiazole rings is 1. The number of hydrogen-bond donors (Lipinski definition) is 1. The summed E-state index contributed by atoms with van der Waals surface area (Å²) in [5.74, 6) is -0.0529. The molecule has 2 heterocycles. The molecule has 1 aromatic carbocycles. The smallest absolute Gasteiger partial charge is 0.231 e. The maximum absolute atomic E-state index is 12.2. The van der Waals surface area contributed by atoms with Gasteiger partial charge in [0.2, 0.25) is 5.91 Å². The molecule has 1 N–H and O–H groups in total. The summed E-state index contributed by atoms with van der Waals surface area (Å²) in [6.45, 7) is 0. The topological polar surface area (TPSA) is 42.0 Å². The highest BCUT2D eigenvalue weighted by atomic mass is 35.5. The summed E-state index contributed by atoms with van der Waals surface area (Å²) in [7, 11) is 0. The second kappa shape index (κ2) is 6.07. The lowest BCUT2D eigenvalue weighted by Gasteiger charge is -2.13. The van der Waals surface area contributed by atoms with E-state index < -0.39 is 0 Å². The van der Waals surface area contributed by atoms with Crippen LogP contribution in [0.4, 0.5) is 5.13 Å². The number of thiophene rings is 1. The third kappa shape index (κ3) is 3.04. The van der Waals surface area contributed by atoms with E-state index in [1.807, 2.05) is 18.2 Å². The van der Waals surface area contributed by atoms with Gasteiger partial charge in [0.1, 0.15) is 0 Å². The molecule has 0 spiro atoms. The van der Waals surface area contributed by atoms with Gasteiger partial charge in [0.25, 0.3) is 0 Å². The highest BCUT2D eigenvalue weighted by Gasteiger charge is 2.21. The van der Waals surface area contributed by atoms with Crippen LogP contribution >= 0.6 is 34.3 Å². The number of benzene rings is 1. The Balaban J connectivity index is 1.53. The summed E-state index contributed by atoms with van der Waals surface area (Å²) in [4.78, 5) is 19.0. The van der Waals surface area contributed by atoms with Crippen LogP contribution in [-0.2, 0) is 24.1 Å². The zero-order chi connectivity index (χ0) is 15.8. The number of nitrogens with zero attached hydrogens (tertiary/aromatic N) is 1. The van der Waals surface area contributed by atoms with Crippen LogP contribution < -0.4 is 5.32 Å². The van der Waals surface area contributed by atoms with Gasteiger partial charge in [0.15, 0.2) is 5.13 Å². The van der Waals surface area contributed by atoms with Crippen LogP contribution in [0.5, 0.6) is 0 Å². The molecule has 0 aliphatic heterocycles. The minimum atomic E-state index is -0.0529. The molecule has 0 bridgehead atoms. The summed E-state index contributed by atoms with van der Waals surface area (Å²) in [6.07, 6.45) is 2.35. The zero-order valence-electron chi connectivity index (χ0n) is 12.1. The lowest BCUT2D eigenvalue weighted by molar-refractivity contribution is -0.115. The van der Waals surface area contributed by atoms with E-state index in [1.54, 1.807) is 11.3 Å². The Labute approximate surface area is 147 Å². The average molecular weight is 361 g/mol. The molecule has 6 heteroatoms. The zero-order valence-corrected chi connectivity index (χ0v) is 14.5. The summed E-state index contributed by atoms with van der Waals surface area (Å²) in [6, 6.07) is 12.0. The summed E-state index contributed by atoms with van der Waals surface area (Å²) >= 11 is 8.91. The Hall–Kier alpha value is -1.69. The van der Waals surface area contributed by atoms with E-state index >= 15 is 0 Å². The normalized spacial score (nSPS) is 12.6. The van der Waals surface area contributed by atoms with Crippen LogP contribution in [0, 0.1) is 0 Å². The van der Waals surface area contributed by atoms with Gasteiger partial charge in [0.05, 0.1) is 16.5 Å². The predicted molar refractivity (Wildman–Crippen MR) is 96.6 cm³/mol. The fourth-order valence-corrected chi connectivity index (χ4v) is 4.85. The van der Waals surface area contributed by atoms with Gasteiger partial charge >= 0.3 is 0 Å². The van der Waals surface area contributed by atoms with E-state index in [2.05, 4.69) is 28.5 Å². The van der Waals surface area contributed by atoms with Crippen molar-refractivity contribution in [1.82, 2.24) is 4.98 Å². The molecule has 0 radical (unpaired) electrons. The molecule has 0 fully saturated rings. The SMILES string of the molecule is O=C(Cc1ccc(Cl)s1)Nc1nc2c(s1)CCc1ccccc1-2. The Morgan fingerprint density at radius 3 is 2.87 bits per heavy atom. The second-order valence-electron chi connectivity index (χ2n) is 5.38. The van der Waals surface area contributed by atoms with Crippen molar-refractivity contribution in [2.75, 3.05) is 5.32 Å². The summed E-state index contributed by atoms with van der Waals surface area (Å²) in [5.41, 5.74) is 3.54. The molecule has 0 atom stereocenters. The molecule has 2 aromatic heterocycles. The van der Waals surface area contributed by atoms with Crippen LogP contribution in [0.2, 0.25) is 4.34 Å². The van der Waals surface area contributed by atoms with E-state index in [1.165, 1.54) is 27.3 Å². The monoisotopic (exact) mass is 360 g/mol. The van der Waals surface area contributed by atoms with Crippen molar-refractivity contribution in [2.45, 2.75) is 19.3 Å². The van der Waals surface area contributed by atoms with Gasteiger partial charge in [-0.2, -0.15) is 0 Å². The molecule has 0 unspecified atom stereocenters. The Kier molecular flexibility index (Phi) is 3.93. The van der Waals surface area contributed by atoms with Gasteiger partial charge in [0, 0.05) is 15.3 Å². The number of nitrogens with one attached hydrogen (secondary N) is 1. The number of hydrogen-bond acceptors (Lipinski definition) is 4. The number of rotatable bonds is 3. The van der Waals surface area contributed by atoms with Crippen molar-refractivity contribution < 1.29 is 4.79 Å². The Morgan fingerprint density at radius 2 is 2.04 bits per heavy atom. The Morgan fingerprint density at radius 1 is 1.17 bits per heavy atom. The minimum absolute atomic E-state index is 0.0529. The van der Waals surface area contributed by atoms with Gasteiger partial charge in [-0.25, -0.2) is 4.98 Å². The Bertz CT molecular complexity index is 884. The van der Waals surface area contributed by atoms with Crippen LogP contribution in [0.1, 0.15) is 15.3 Å². The van der Waals surface area contributed by atoms with Crippen molar-refractivity contribution >= 4 is 45.3 Å². The number of fused-ring (bicyclic) bond motifs is 3. The second-order valence-corrected chi connectivity index (χ2v) is 8.26. The van der Waals surface area contributed by atoms with E-state index in [4.69, 9.17) is 11.6 Å². The van der Waals surface area contributed by atoms with Gasteiger partial charge < -0.3 is 5.32 Å². The van der Waals surface area contributed by atoms with Crippen molar-refractivity contribution in [3.05, 3.63) is 56.1 Å². The fourth-order valence-electron chi connectivity index (χ4n) is 2.77. The number of aromatic nitrogens is 1. The maximum Gasteiger partial charge on any atom is 0.231 e. The molecule has 3 nitrogen and oxygen atoms in total. The first kappa shape index (κ1) is 14.9. The minimum Gasteiger partial charge on any atom is -0.302 e. The standard InChI is InChI=1S/C17H13ClN2OS2/c18-14-8-6-11(22-14)9-15(21)19-17-20-16-12-4-2-1-3-10(12)5-7-13(16)23-17/h1-4,6,8H,5,7,9H2,(H,19,20,21). The number of anilines is 1. The van der Waals surface area contributed by atoms with Gasteiger partial charge in [-0.05, 0) is 30.5 Å². The molecular weight excluding hydrogens is 348 g/mol. The molecule has 1 aliphatic carbocycles. The maximum atomic E-state index is 12.2. The summed E-state index contributed by atoms with van der Waals surface area (Å²) < 4.78 is 0.703. The third-order valence-electron chi connectivity index (χ3n) is 3.80. The van der Waals surface area contributed by atoms with E-state index in [0.29, 0.717) is 15.9 Å². The quantitative estimate of drug-likeness (QED) is 0.728. The van der Waals surface area contributed by atoms with Crippen molar-refractivity contribution in [3.8, 4) is 11.3 Å². The van der Waals surface area contributed by atoms with Gasteiger partial charge in [-0.15, -0.1) is 22.7 Å². The van der Waals surface area contributed by atoms with Crippen LogP contribution in [0.3, 0.4) is 0 Å². The van der Waals surface area contributed by atoms with Gasteiger partial charge in [-0.1, -0.05) is 35.9 Å². The molecule has 1 aliphatic rings. The fraction of sp³-hybridized carbons (Fsp3) is 0.176. The number of aryl methyl sites for hydroxylation is 2. The van der Waals surface area contributed by atoms with Crippen LogP contribution in [0.25, 0.3) is 11.3 Å². The van der Waals surface area contributed by atoms with Gasteiger partial charge in [-0.3, -0.25) is 4.79 Å². The number of carbonyl (C=O) groups excluding carboxylic acids is 1. The molecule has 0 saturated heterocycles. The highest BCUT2D eigenvalue weighted by molar-refractivity contribution is 7.16. The highest BCUT2D eigenvalue weighted by Crippen LogP contribution is 2.38. The average Bonchev–Trinajstić information content (AvgIpc) is 3.13. The first-order valence-corrected chi connectivity index (χ1v) is 9.32. The van der Waals surface area contributed by atoms with Crippen molar-refractivity contribution in [1.29, 1.82) is 0 Å². The molecule has 0 saturated carbocycles. The lowest BCUT2D eigenvalue weighted by atomic mass is 9.94. The molecule has 3 aromatic rings. The van der Waals surface area contributed by atoms with Crippen LogP contribution in [0.15, 0.2) is 36.4 Å².